The summed E-state index contributed by atoms with van der Waals surface area (Å²) in [7, 11) is 1.36. The predicted molar refractivity (Wildman–Crippen MR) is 206 cm³/mol. The molecule has 0 amide bonds. The fourth-order valence-corrected chi connectivity index (χ4v) is 7.33. The van der Waals surface area contributed by atoms with Gasteiger partial charge in [-0.15, -0.1) is 0 Å². The first-order valence-corrected chi connectivity index (χ1v) is 17.8. The van der Waals surface area contributed by atoms with Gasteiger partial charge >= 0.3 is 11.9 Å². The number of esters is 2. The minimum atomic E-state index is -0.974. The van der Waals surface area contributed by atoms with E-state index in [1.165, 1.54) is 37.6 Å². The van der Waals surface area contributed by atoms with E-state index < -0.39 is 17.5 Å². The Morgan fingerprint density at radius 1 is 0.712 bits per heavy atom. The number of hydrogen-bond acceptors (Lipinski definition) is 6. The van der Waals surface area contributed by atoms with Crippen LogP contribution in [-0.4, -0.2) is 32.1 Å². The van der Waals surface area contributed by atoms with Gasteiger partial charge in [-0.05, 0) is 103 Å². The topological polar surface area (TPSA) is 65.1 Å². The van der Waals surface area contributed by atoms with Gasteiger partial charge in [0.05, 0.1) is 18.2 Å². The molecule has 6 nitrogen and oxygen atoms in total. The molecule has 0 bridgehead atoms. The molecule has 6 heteroatoms. The van der Waals surface area contributed by atoms with Gasteiger partial charge < -0.3 is 19.1 Å². The summed E-state index contributed by atoms with van der Waals surface area (Å²) in [5, 5.41) is 1.41. The lowest BCUT2D eigenvalue weighted by Crippen LogP contribution is -2.35. The highest BCUT2D eigenvalue weighted by Gasteiger charge is 2.39. The van der Waals surface area contributed by atoms with Crippen molar-refractivity contribution in [2.45, 2.75) is 31.8 Å². The number of aryl methyl sites for hydroxylation is 1. The third kappa shape index (κ3) is 6.21. The van der Waals surface area contributed by atoms with Crippen LogP contribution in [0.4, 0.5) is 5.69 Å². The number of piperidine rings is 1. The molecule has 0 N–H and O–H groups in total. The second kappa shape index (κ2) is 13.9. The molecule has 52 heavy (non-hydrogen) atoms. The molecule has 1 fully saturated rings. The highest BCUT2D eigenvalue weighted by atomic mass is 16.5. The maximum Gasteiger partial charge on any atom is 0.343 e. The van der Waals surface area contributed by atoms with E-state index in [0.717, 1.165) is 40.7 Å². The molecule has 0 aliphatic carbocycles. The van der Waals surface area contributed by atoms with E-state index in [9.17, 15) is 9.59 Å². The molecule has 0 aromatic heterocycles. The Bertz CT molecular complexity index is 2290. The van der Waals surface area contributed by atoms with Gasteiger partial charge in [0.25, 0.3) is 0 Å². The Morgan fingerprint density at radius 2 is 1.38 bits per heavy atom. The molecule has 2 aliphatic rings. The van der Waals surface area contributed by atoms with Crippen molar-refractivity contribution >= 4 is 34.5 Å². The van der Waals surface area contributed by atoms with Crippen LogP contribution in [-0.2, 0) is 10.3 Å². The fourth-order valence-electron chi connectivity index (χ4n) is 7.33. The molecule has 2 heterocycles. The number of benzene rings is 6. The molecule has 258 valence electrons. The first-order chi connectivity index (χ1) is 25.4. The molecular formula is C46H39NO5. The van der Waals surface area contributed by atoms with E-state index >= 15 is 0 Å². The van der Waals surface area contributed by atoms with E-state index in [4.69, 9.17) is 14.2 Å². The Hall–Kier alpha value is -6.14. The monoisotopic (exact) mass is 685 g/mol. The summed E-state index contributed by atoms with van der Waals surface area (Å²) < 4.78 is 18.2. The number of anilines is 1. The SMILES string of the molecule is COC(=O)c1cc2cc(C(=O)Oc3ccc(-c4ccc(C)cc4)cc3)ccc2c2c1C=CC(c1ccccc1)(c1ccc(N3CCCCC3)cc1)O2. The average molecular weight is 686 g/mol. The Balaban J connectivity index is 1.15. The largest absolute Gasteiger partial charge is 0.472 e. The number of rotatable bonds is 7. The van der Waals surface area contributed by atoms with Crippen molar-refractivity contribution in [1.29, 1.82) is 0 Å². The van der Waals surface area contributed by atoms with Crippen molar-refractivity contribution in [2.75, 3.05) is 25.1 Å². The summed E-state index contributed by atoms with van der Waals surface area (Å²) >= 11 is 0. The highest BCUT2D eigenvalue weighted by Crippen LogP contribution is 2.47. The lowest BCUT2D eigenvalue weighted by atomic mass is 9.82. The second-order valence-electron chi connectivity index (χ2n) is 13.5. The van der Waals surface area contributed by atoms with Crippen LogP contribution in [0.2, 0.25) is 0 Å². The molecule has 1 unspecified atom stereocenters. The zero-order valence-corrected chi connectivity index (χ0v) is 29.3. The molecule has 6 aromatic rings. The number of carbonyl (C=O) groups excluding carboxylic acids is 2. The van der Waals surface area contributed by atoms with E-state index in [1.54, 1.807) is 30.3 Å². The molecule has 6 aromatic carbocycles. The maximum absolute atomic E-state index is 13.5. The van der Waals surface area contributed by atoms with Crippen LogP contribution in [0, 0.1) is 6.92 Å². The average Bonchev–Trinajstić information content (AvgIpc) is 3.21. The van der Waals surface area contributed by atoms with Crippen molar-refractivity contribution in [3.63, 3.8) is 0 Å². The first kappa shape index (κ1) is 33.0. The van der Waals surface area contributed by atoms with Crippen LogP contribution in [0.1, 0.15) is 62.2 Å². The smallest absolute Gasteiger partial charge is 0.343 e. The van der Waals surface area contributed by atoms with E-state index in [2.05, 4.69) is 72.5 Å². The second-order valence-corrected chi connectivity index (χ2v) is 13.5. The summed E-state index contributed by atoms with van der Waals surface area (Å²) in [4.78, 5) is 29.1. The van der Waals surface area contributed by atoms with Crippen molar-refractivity contribution in [2.24, 2.45) is 0 Å². The minimum Gasteiger partial charge on any atom is -0.472 e. The molecule has 0 saturated carbocycles. The molecule has 2 aliphatic heterocycles. The summed E-state index contributed by atoms with van der Waals surface area (Å²) in [5.41, 5.74) is 6.78. The van der Waals surface area contributed by atoms with Crippen molar-refractivity contribution in [3.8, 4) is 22.6 Å². The number of fused-ring (bicyclic) bond motifs is 3. The van der Waals surface area contributed by atoms with Crippen molar-refractivity contribution < 1.29 is 23.8 Å². The zero-order chi connectivity index (χ0) is 35.7. The quantitative estimate of drug-likeness (QED) is 0.123. The Labute approximate surface area is 303 Å². The summed E-state index contributed by atoms with van der Waals surface area (Å²) in [6, 6.07) is 41.6. The number of ether oxygens (including phenoxy) is 3. The van der Waals surface area contributed by atoms with Crippen LogP contribution in [0.3, 0.4) is 0 Å². The third-order valence-electron chi connectivity index (χ3n) is 10.2. The van der Waals surface area contributed by atoms with Gasteiger partial charge in [0.2, 0.25) is 0 Å². The van der Waals surface area contributed by atoms with Crippen molar-refractivity contribution in [3.05, 3.63) is 167 Å². The molecule has 0 radical (unpaired) electrons. The van der Waals surface area contributed by atoms with Crippen LogP contribution in [0.15, 0.2) is 133 Å². The fraction of sp³-hybridized carbons (Fsp3) is 0.174. The van der Waals surface area contributed by atoms with Gasteiger partial charge in [0.1, 0.15) is 11.5 Å². The Morgan fingerprint density at radius 3 is 2.08 bits per heavy atom. The number of carbonyl (C=O) groups is 2. The predicted octanol–water partition coefficient (Wildman–Crippen LogP) is 10.2. The van der Waals surface area contributed by atoms with Crippen LogP contribution >= 0.6 is 0 Å². The number of methoxy groups -OCH3 is 1. The van der Waals surface area contributed by atoms with E-state index in [0.29, 0.717) is 33.6 Å². The molecule has 0 spiro atoms. The standard InChI is InChI=1S/C46H39NO5/c1-31-11-13-32(14-12-31)33-15-22-39(23-16-33)51-44(48)34-17-24-40-35(29-34)30-42(45(49)50-2)41-25-26-46(52-43(40)41,36-9-5-3-6-10-36)37-18-20-38(21-19-37)47-27-7-4-8-28-47/h3,5-6,9-26,29-30H,4,7-8,27-28H2,1-2H3. The van der Waals surface area contributed by atoms with Gasteiger partial charge in [-0.2, -0.15) is 0 Å². The molecule has 1 saturated heterocycles. The molecule has 1 atom stereocenters. The summed E-state index contributed by atoms with van der Waals surface area (Å²) in [5.74, 6) is -0.0215. The van der Waals surface area contributed by atoms with Gasteiger partial charge in [-0.3, -0.25) is 0 Å². The van der Waals surface area contributed by atoms with Crippen LogP contribution in [0.5, 0.6) is 11.5 Å². The van der Waals surface area contributed by atoms with Gasteiger partial charge in [-0.1, -0.05) is 84.4 Å². The van der Waals surface area contributed by atoms with Gasteiger partial charge in [0.15, 0.2) is 5.60 Å². The maximum atomic E-state index is 13.5. The third-order valence-corrected chi connectivity index (χ3v) is 10.2. The normalized spacial score (nSPS) is 16.5. The lowest BCUT2D eigenvalue weighted by Gasteiger charge is -2.37. The van der Waals surface area contributed by atoms with Crippen molar-refractivity contribution in [1.82, 2.24) is 0 Å². The number of hydrogen-bond donors (Lipinski definition) is 0. The van der Waals surface area contributed by atoms with Crippen LogP contribution in [0.25, 0.3) is 28.0 Å². The minimum absolute atomic E-state index is 0.347. The first-order valence-electron chi connectivity index (χ1n) is 17.8. The Kier molecular flexibility index (Phi) is 8.81. The lowest BCUT2D eigenvalue weighted by molar-refractivity contribution is 0.0598. The molecule has 8 rings (SSSR count). The van der Waals surface area contributed by atoms with Gasteiger partial charge in [0, 0.05) is 40.9 Å². The van der Waals surface area contributed by atoms with Crippen LogP contribution < -0.4 is 14.4 Å². The molecular weight excluding hydrogens is 647 g/mol. The highest BCUT2D eigenvalue weighted by molar-refractivity contribution is 6.06. The zero-order valence-electron chi connectivity index (χ0n) is 29.3. The van der Waals surface area contributed by atoms with E-state index in [-0.39, 0.29) is 0 Å². The summed E-state index contributed by atoms with van der Waals surface area (Å²) in [6.07, 6.45) is 7.66. The van der Waals surface area contributed by atoms with E-state index in [1.807, 2.05) is 48.6 Å². The summed E-state index contributed by atoms with van der Waals surface area (Å²) in [6.45, 7) is 4.18. The van der Waals surface area contributed by atoms with Gasteiger partial charge in [-0.25, -0.2) is 9.59 Å². The number of nitrogens with zero attached hydrogens (tertiary/aromatic N) is 1.